The maximum absolute atomic E-state index is 13.5. The first-order valence-electron chi connectivity index (χ1n) is 11.3. The third-order valence-corrected chi connectivity index (χ3v) is 6.94. The number of nitrogens with two attached hydrogens (primary N) is 1. The maximum atomic E-state index is 13.5. The van der Waals surface area contributed by atoms with Gasteiger partial charge in [0, 0.05) is 43.0 Å². The molecule has 0 aliphatic carbocycles. The first-order chi connectivity index (χ1) is 17.7. The monoisotopic (exact) mass is 516 g/mol. The zero-order valence-corrected chi connectivity index (χ0v) is 20.8. The fourth-order valence-electron chi connectivity index (χ4n) is 3.87. The Morgan fingerprint density at radius 2 is 1.76 bits per heavy atom. The SMILES string of the molecule is CC(N)Oc1ccc(-c2ccc3ncc(S(=O)(=O)Nc4cc(-c5cnn(C)c5)cnc4C=N)n3c2)cc1. The molecule has 5 aromatic rings. The van der Waals surface area contributed by atoms with Crippen LogP contribution < -0.4 is 15.2 Å². The van der Waals surface area contributed by atoms with Crippen molar-refractivity contribution >= 4 is 27.6 Å². The second-order valence-electron chi connectivity index (χ2n) is 8.40. The van der Waals surface area contributed by atoms with Crippen LogP contribution >= 0.6 is 0 Å². The van der Waals surface area contributed by atoms with E-state index in [1.165, 1.54) is 10.6 Å². The molecule has 0 fully saturated rings. The molecule has 1 aromatic carbocycles. The van der Waals surface area contributed by atoms with E-state index < -0.39 is 16.3 Å². The van der Waals surface area contributed by atoms with E-state index in [4.69, 9.17) is 15.9 Å². The third kappa shape index (κ3) is 4.92. The van der Waals surface area contributed by atoms with Crippen LogP contribution in [0.2, 0.25) is 0 Å². The van der Waals surface area contributed by atoms with Crippen molar-refractivity contribution in [3.63, 3.8) is 0 Å². The second-order valence-corrected chi connectivity index (χ2v) is 10.0. The molecular weight excluding hydrogens is 492 g/mol. The zero-order chi connectivity index (χ0) is 26.2. The minimum Gasteiger partial charge on any atom is -0.476 e. The van der Waals surface area contributed by atoms with Gasteiger partial charge in [0.1, 0.15) is 23.3 Å². The Morgan fingerprint density at radius 3 is 2.43 bits per heavy atom. The molecule has 0 amide bonds. The highest BCUT2D eigenvalue weighted by Crippen LogP contribution is 2.27. The lowest BCUT2D eigenvalue weighted by atomic mass is 10.1. The number of rotatable bonds is 8. The van der Waals surface area contributed by atoms with E-state index in [1.807, 2.05) is 18.2 Å². The van der Waals surface area contributed by atoms with Gasteiger partial charge in [-0.25, -0.2) is 4.98 Å². The van der Waals surface area contributed by atoms with Crippen LogP contribution in [0.15, 0.2) is 78.5 Å². The first kappa shape index (κ1) is 24.2. The summed E-state index contributed by atoms with van der Waals surface area (Å²) in [6, 6.07) is 12.6. The van der Waals surface area contributed by atoms with Crippen LogP contribution in [0.3, 0.4) is 0 Å². The fourth-order valence-corrected chi connectivity index (χ4v) is 5.02. The third-order valence-electron chi connectivity index (χ3n) is 5.59. The van der Waals surface area contributed by atoms with Crippen molar-refractivity contribution in [2.45, 2.75) is 18.2 Å². The van der Waals surface area contributed by atoms with E-state index in [1.54, 1.807) is 67.7 Å². The van der Waals surface area contributed by atoms with Crippen LogP contribution in [0, 0.1) is 5.41 Å². The van der Waals surface area contributed by atoms with Crippen LogP contribution in [0.25, 0.3) is 27.9 Å². The Balaban J connectivity index is 1.50. The lowest BCUT2D eigenvalue weighted by Crippen LogP contribution is -2.22. The Hall–Kier alpha value is -4.55. The highest BCUT2D eigenvalue weighted by molar-refractivity contribution is 7.92. The zero-order valence-electron chi connectivity index (χ0n) is 20.0. The number of nitrogens with zero attached hydrogens (tertiary/aromatic N) is 5. The van der Waals surface area contributed by atoms with E-state index in [0.717, 1.165) is 22.9 Å². The van der Waals surface area contributed by atoms with Gasteiger partial charge in [-0.15, -0.1) is 0 Å². The topological polar surface area (TPSA) is 153 Å². The molecule has 0 bridgehead atoms. The number of aryl methyl sites for hydroxylation is 1. The number of fused-ring (bicyclic) bond motifs is 1. The molecule has 0 saturated heterocycles. The molecule has 4 heterocycles. The minimum atomic E-state index is -4.09. The van der Waals surface area contributed by atoms with E-state index in [9.17, 15) is 8.42 Å². The van der Waals surface area contributed by atoms with Gasteiger partial charge in [-0.05, 0) is 48.4 Å². The average molecular weight is 517 g/mol. The largest absolute Gasteiger partial charge is 0.476 e. The minimum absolute atomic E-state index is 0.0519. The summed E-state index contributed by atoms with van der Waals surface area (Å²) in [5, 5.41) is 11.8. The van der Waals surface area contributed by atoms with Gasteiger partial charge in [0.15, 0.2) is 5.03 Å². The molecule has 4 N–H and O–H groups in total. The molecular formula is C25H24N8O3S. The summed E-state index contributed by atoms with van der Waals surface area (Å²) in [7, 11) is -2.30. The van der Waals surface area contributed by atoms with Gasteiger partial charge in [0.2, 0.25) is 0 Å². The molecule has 188 valence electrons. The smallest absolute Gasteiger partial charge is 0.279 e. The number of aromatic nitrogens is 5. The summed E-state index contributed by atoms with van der Waals surface area (Å²) in [4.78, 5) is 8.50. The van der Waals surface area contributed by atoms with Crippen LogP contribution in [0.1, 0.15) is 12.6 Å². The van der Waals surface area contributed by atoms with E-state index in [0.29, 0.717) is 17.0 Å². The number of benzene rings is 1. The van der Waals surface area contributed by atoms with Gasteiger partial charge < -0.3 is 10.1 Å². The van der Waals surface area contributed by atoms with Crippen LogP contribution in [-0.2, 0) is 17.1 Å². The van der Waals surface area contributed by atoms with Gasteiger partial charge >= 0.3 is 0 Å². The van der Waals surface area contributed by atoms with Crippen molar-refractivity contribution in [3.05, 3.63) is 79.1 Å². The number of nitrogens with one attached hydrogen (secondary N) is 2. The molecule has 0 aliphatic rings. The second kappa shape index (κ2) is 9.48. The molecule has 37 heavy (non-hydrogen) atoms. The number of imidazole rings is 1. The van der Waals surface area contributed by atoms with Gasteiger partial charge in [-0.2, -0.15) is 13.5 Å². The quantitative estimate of drug-likeness (QED) is 0.211. The van der Waals surface area contributed by atoms with Crippen LogP contribution in [0.4, 0.5) is 5.69 Å². The lowest BCUT2D eigenvalue weighted by molar-refractivity contribution is 0.230. The summed E-state index contributed by atoms with van der Waals surface area (Å²) in [6.07, 6.45) is 8.59. The Kier molecular flexibility index (Phi) is 6.19. The Labute approximate surface area is 213 Å². The van der Waals surface area contributed by atoms with E-state index in [-0.39, 0.29) is 16.4 Å². The Bertz CT molecular complexity index is 1710. The van der Waals surface area contributed by atoms with Gasteiger partial charge in [0.05, 0.1) is 18.1 Å². The number of hydrogen-bond donors (Lipinski definition) is 3. The van der Waals surface area contributed by atoms with Gasteiger partial charge in [-0.1, -0.05) is 12.1 Å². The molecule has 1 atom stereocenters. The Morgan fingerprint density at radius 1 is 1.00 bits per heavy atom. The van der Waals surface area contributed by atoms with E-state index >= 15 is 0 Å². The van der Waals surface area contributed by atoms with Gasteiger partial charge in [-0.3, -0.25) is 24.5 Å². The highest BCUT2D eigenvalue weighted by atomic mass is 32.2. The maximum Gasteiger partial charge on any atom is 0.279 e. The predicted molar refractivity (Wildman–Crippen MR) is 140 cm³/mol. The summed E-state index contributed by atoms with van der Waals surface area (Å²) in [5.74, 6) is 0.638. The first-order valence-corrected chi connectivity index (χ1v) is 12.7. The number of ether oxygens (including phenoxy) is 1. The number of pyridine rings is 2. The standard InChI is InChI=1S/C25H24N8O3S/c1-16(27)36-21-6-3-17(4-7-21)18-5-8-24-29-13-25(33(24)15-18)37(34,35)31-22-9-19(11-28-23(22)10-26)20-12-30-32(2)14-20/h3-16,26,31H,27H2,1-2H3. The average Bonchev–Trinajstić information content (AvgIpc) is 3.50. The van der Waals surface area contributed by atoms with Crippen LogP contribution in [-0.4, -0.2) is 45.0 Å². The van der Waals surface area contributed by atoms with Crippen molar-refractivity contribution in [2.24, 2.45) is 12.8 Å². The normalized spacial score (nSPS) is 12.4. The fraction of sp³-hybridized carbons (Fsp3) is 0.120. The molecule has 4 aromatic heterocycles. The van der Waals surface area contributed by atoms with Crippen LogP contribution in [0.5, 0.6) is 5.75 Å². The summed E-state index contributed by atoms with van der Waals surface area (Å²) < 4.78 is 38.2. The van der Waals surface area contributed by atoms with Crippen molar-refractivity contribution < 1.29 is 13.2 Å². The molecule has 0 aliphatic heterocycles. The number of anilines is 1. The molecule has 11 nitrogen and oxygen atoms in total. The highest BCUT2D eigenvalue weighted by Gasteiger charge is 2.22. The molecule has 0 spiro atoms. The summed E-state index contributed by atoms with van der Waals surface area (Å²) in [6.45, 7) is 1.74. The molecule has 1 unspecified atom stereocenters. The van der Waals surface area contributed by atoms with Crippen molar-refractivity contribution in [1.82, 2.24) is 24.1 Å². The molecule has 5 rings (SSSR count). The van der Waals surface area contributed by atoms with Crippen molar-refractivity contribution in [3.8, 4) is 28.0 Å². The van der Waals surface area contributed by atoms with E-state index in [2.05, 4.69) is 19.8 Å². The number of sulfonamides is 1. The number of hydrogen-bond acceptors (Lipinski definition) is 8. The van der Waals surface area contributed by atoms with Gasteiger partial charge in [0.25, 0.3) is 10.0 Å². The summed E-state index contributed by atoms with van der Waals surface area (Å²) in [5.41, 5.74) is 9.58. The molecule has 0 radical (unpaired) electrons. The summed E-state index contributed by atoms with van der Waals surface area (Å²) >= 11 is 0. The van der Waals surface area contributed by atoms with Crippen molar-refractivity contribution in [1.29, 1.82) is 5.41 Å². The molecule has 0 saturated carbocycles. The molecule has 12 heteroatoms. The lowest BCUT2D eigenvalue weighted by Gasteiger charge is -2.12. The van der Waals surface area contributed by atoms with Crippen molar-refractivity contribution in [2.75, 3.05) is 4.72 Å². The predicted octanol–water partition coefficient (Wildman–Crippen LogP) is 3.28.